The van der Waals surface area contributed by atoms with E-state index in [0.717, 1.165) is 6.42 Å². The van der Waals surface area contributed by atoms with Crippen molar-refractivity contribution in [1.29, 1.82) is 0 Å². The molecule has 18 nitrogen and oxygen atoms in total. The number of Topliss-reactive ketones (excluding diaryl/α,β-unsaturated/α-hetero) is 1. The quantitative estimate of drug-likeness (QED) is 0.369. The molecule has 0 saturated carbocycles. The van der Waals surface area contributed by atoms with Crippen LogP contribution < -0.4 is 9.80 Å². The van der Waals surface area contributed by atoms with Crippen molar-refractivity contribution >= 4 is 52.6 Å². The van der Waals surface area contributed by atoms with Gasteiger partial charge in [-0.05, 0) is 128 Å². The molecule has 0 radical (unpaired) electrons. The third-order valence-corrected chi connectivity index (χ3v) is 17.4. The molecule has 3 spiro atoms. The van der Waals surface area contributed by atoms with Gasteiger partial charge in [-0.2, -0.15) is 0 Å². The summed E-state index contributed by atoms with van der Waals surface area (Å²) in [5.41, 5.74) is -4.03. The Bertz CT molecular complexity index is 2540. The third kappa shape index (κ3) is 5.90. The second kappa shape index (κ2) is 15.0. The molecule has 2 aliphatic carbocycles. The second-order valence-electron chi connectivity index (χ2n) is 23.0. The fraction of sp³-hybridized carbons (Fsp3) is 0.604. The van der Waals surface area contributed by atoms with Gasteiger partial charge in [0.05, 0.1) is 27.9 Å². The van der Waals surface area contributed by atoms with Crippen LogP contribution in [0.2, 0.25) is 0 Å². The number of carbonyl (C=O) groups excluding carboxylic acids is 7. The van der Waals surface area contributed by atoms with Crippen LogP contribution in [-0.4, -0.2) is 131 Å². The molecule has 9 atom stereocenters. The van der Waals surface area contributed by atoms with Crippen molar-refractivity contribution in [3.8, 4) is 0 Å². The Balaban J connectivity index is 0.000000131. The monoisotopic (exact) mass is 978 g/mol. The molecule has 18 heteroatoms. The standard InChI is InChI=1S/C27H34N2O4.C13H12N2O4.C13H20N2O4/c1-23(2)20(30)24(3,4)29-22(32)26(6,19-15-11-8-12-16-19)33-27(29)17-25(5,21(31)28(23)27)18-13-9-7-10-14-18;1-7-11(16)14-9-5-3-4-6-10(9)15-12(17)8(2)19-13(14,15)18-7;1-7-9(16)14-11(3,4)12(5,6)15-10(17)8(2)19-13(14,15)18-7/h7-13,15,18-19H,14,16-17H2,1-6H3;3-8H,1-2H3;7-8H,1-6H3/t18?,19?,25-,26-,27?;2*7-,8-,13?/m111/s1. The lowest BCUT2D eigenvalue weighted by Gasteiger charge is -2.58. The van der Waals surface area contributed by atoms with E-state index in [2.05, 4.69) is 12.2 Å². The van der Waals surface area contributed by atoms with Crippen LogP contribution in [0.3, 0.4) is 0 Å². The number of ketones is 1. The van der Waals surface area contributed by atoms with Crippen LogP contribution in [0.15, 0.2) is 72.9 Å². The van der Waals surface area contributed by atoms with Gasteiger partial charge < -0.3 is 23.7 Å². The Kier molecular flexibility index (Phi) is 10.4. The van der Waals surface area contributed by atoms with E-state index in [-0.39, 0.29) is 53.1 Å². The Labute approximate surface area is 414 Å². The van der Waals surface area contributed by atoms with Crippen LogP contribution >= 0.6 is 0 Å². The van der Waals surface area contributed by atoms with Gasteiger partial charge in [0.1, 0.15) is 35.5 Å². The van der Waals surface area contributed by atoms with E-state index in [1.54, 1.807) is 87.1 Å². The van der Waals surface area contributed by atoms with Gasteiger partial charge in [0, 0.05) is 12.3 Å². The van der Waals surface area contributed by atoms with Gasteiger partial charge >= 0.3 is 12.1 Å². The molecule has 6 amide bonds. The summed E-state index contributed by atoms with van der Waals surface area (Å²) in [6.07, 6.45) is 15.3. The molecule has 8 fully saturated rings. The maximum absolute atomic E-state index is 14.2. The van der Waals surface area contributed by atoms with Crippen LogP contribution in [-0.2, 0) is 57.2 Å². The predicted octanol–water partition coefficient (Wildman–Crippen LogP) is 5.38. The van der Waals surface area contributed by atoms with Crippen molar-refractivity contribution in [2.75, 3.05) is 9.80 Å². The number of allylic oxidation sites excluding steroid dienone is 7. The van der Waals surface area contributed by atoms with Gasteiger partial charge in [-0.3, -0.25) is 53.2 Å². The molecule has 1 aromatic rings. The minimum atomic E-state index is -1.42. The molecule has 1 aromatic carbocycles. The molecular weight excluding hydrogens is 913 g/mol. The highest BCUT2D eigenvalue weighted by Gasteiger charge is 2.81. The minimum absolute atomic E-state index is 0.0334. The molecule has 3 unspecified atom stereocenters. The van der Waals surface area contributed by atoms with E-state index >= 15 is 0 Å². The van der Waals surface area contributed by atoms with Crippen LogP contribution in [0.4, 0.5) is 11.4 Å². The van der Waals surface area contributed by atoms with E-state index in [4.69, 9.17) is 23.7 Å². The normalized spacial score (nSPS) is 38.2. The first-order chi connectivity index (χ1) is 33.0. The average molecular weight is 979 g/mol. The van der Waals surface area contributed by atoms with E-state index < -0.39 is 75.5 Å². The van der Waals surface area contributed by atoms with Crippen molar-refractivity contribution in [3.63, 3.8) is 0 Å². The number of hydrogen-bond donors (Lipinski definition) is 0. The molecule has 0 aromatic heterocycles. The highest BCUT2D eigenvalue weighted by atomic mass is 16.8. The molecule has 9 aliphatic heterocycles. The Morgan fingerprint density at radius 2 is 0.901 bits per heavy atom. The number of ether oxygens (including phenoxy) is 5. The van der Waals surface area contributed by atoms with E-state index in [1.165, 1.54) is 9.80 Å². The van der Waals surface area contributed by atoms with Gasteiger partial charge in [0.2, 0.25) is 11.8 Å². The lowest BCUT2D eigenvalue weighted by molar-refractivity contribution is -0.313. The summed E-state index contributed by atoms with van der Waals surface area (Å²) in [6, 6.07) is 4.43. The highest BCUT2D eigenvalue weighted by Crippen LogP contribution is 2.63. The molecule has 8 saturated heterocycles. The average Bonchev–Trinajstić information content (AvgIpc) is 4.10. The van der Waals surface area contributed by atoms with Crippen molar-refractivity contribution in [3.05, 3.63) is 72.9 Å². The van der Waals surface area contributed by atoms with Crippen molar-refractivity contribution < 1.29 is 57.2 Å². The minimum Gasteiger partial charge on any atom is -0.321 e. The number of hydrogen-bond acceptors (Lipinski definition) is 12. The topological polar surface area (TPSA) is 185 Å². The SMILES string of the molecule is CC1(C)C(=O)C(C)(C)N2C(=O)[C@@](C)(C3C=CC=CC3)OC23C[C@](C)(C2C=CC=CC2)C(=O)N13.C[C@H]1OC23O[C@H](C)C(=O)N2C(C)(C)C(C)(C)N3C1=O.C[C@H]1OC23O[C@H](C)C(=O)N2c2ccccc2N3C1=O. The Morgan fingerprint density at radius 1 is 0.493 bits per heavy atom. The number of rotatable bonds is 2. The first kappa shape index (κ1) is 49.1. The molecule has 0 bridgehead atoms. The largest absolute Gasteiger partial charge is 0.358 e. The van der Waals surface area contributed by atoms with Crippen LogP contribution in [0.25, 0.3) is 0 Å². The first-order valence-electron chi connectivity index (χ1n) is 24.7. The summed E-state index contributed by atoms with van der Waals surface area (Å²) in [5.74, 6) is -2.67. The maximum Gasteiger partial charge on any atom is 0.358 e. The molecular formula is C53H66N6O12. The van der Waals surface area contributed by atoms with Crippen molar-refractivity contribution in [2.45, 2.75) is 186 Å². The summed E-state index contributed by atoms with van der Waals surface area (Å²) >= 11 is 0. The lowest BCUT2D eigenvalue weighted by Crippen LogP contribution is -2.78. The molecule has 71 heavy (non-hydrogen) atoms. The van der Waals surface area contributed by atoms with Crippen molar-refractivity contribution in [1.82, 2.24) is 19.6 Å². The van der Waals surface area contributed by atoms with Gasteiger partial charge in [0.25, 0.3) is 29.5 Å². The molecule has 12 rings (SSSR count). The number of benzene rings is 1. The lowest BCUT2D eigenvalue weighted by atomic mass is 9.72. The van der Waals surface area contributed by atoms with Crippen LogP contribution in [0.1, 0.15) is 116 Å². The van der Waals surface area contributed by atoms with Crippen LogP contribution in [0.5, 0.6) is 0 Å². The van der Waals surface area contributed by atoms with E-state index in [0.29, 0.717) is 24.2 Å². The highest BCUT2D eigenvalue weighted by molar-refractivity contribution is 6.13. The summed E-state index contributed by atoms with van der Waals surface area (Å²) < 4.78 is 29.8. The number of amides is 6. The van der Waals surface area contributed by atoms with Gasteiger partial charge in [0.15, 0.2) is 11.4 Å². The number of carbonyl (C=O) groups is 7. The zero-order valence-electron chi connectivity index (χ0n) is 43.1. The molecule has 11 aliphatic rings. The zero-order valence-corrected chi connectivity index (χ0v) is 43.1. The summed E-state index contributed by atoms with van der Waals surface area (Å²) in [6.45, 7) is 25.4. The third-order valence-electron chi connectivity index (χ3n) is 17.4. The summed E-state index contributed by atoms with van der Waals surface area (Å²) in [5, 5.41) is 0. The maximum atomic E-state index is 14.2. The number of para-hydroxylation sites is 2. The summed E-state index contributed by atoms with van der Waals surface area (Å²) in [7, 11) is 0. The predicted molar refractivity (Wildman–Crippen MR) is 255 cm³/mol. The zero-order chi connectivity index (χ0) is 51.8. The Morgan fingerprint density at radius 3 is 1.34 bits per heavy atom. The van der Waals surface area contributed by atoms with Gasteiger partial charge in [-0.15, -0.1) is 0 Å². The van der Waals surface area contributed by atoms with E-state index in [1.807, 2.05) is 90.1 Å². The first-order valence-corrected chi connectivity index (χ1v) is 24.7. The molecule has 0 N–H and O–H groups in total. The molecule has 380 valence electrons. The summed E-state index contributed by atoms with van der Waals surface area (Å²) in [4.78, 5) is 101. The van der Waals surface area contributed by atoms with E-state index in [9.17, 15) is 33.6 Å². The molecule has 9 heterocycles. The number of anilines is 2. The van der Waals surface area contributed by atoms with Crippen molar-refractivity contribution in [2.24, 2.45) is 17.3 Å². The Hall–Kier alpha value is -5.53. The fourth-order valence-electron chi connectivity index (χ4n) is 13.3. The second-order valence-corrected chi connectivity index (χ2v) is 23.0. The fourth-order valence-corrected chi connectivity index (χ4v) is 13.3. The van der Waals surface area contributed by atoms with Gasteiger partial charge in [-0.1, -0.05) is 60.7 Å². The smallest absolute Gasteiger partial charge is 0.321 e. The van der Waals surface area contributed by atoms with Gasteiger partial charge in [-0.25, -0.2) is 9.80 Å². The number of fused-ring (bicyclic) bond motifs is 3. The van der Waals surface area contributed by atoms with Crippen LogP contribution in [0, 0.1) is 17.3 Å². The number of nitrogens with zero attached hydrogens (tertiary/aromatic N) is 6.